The molecule has 0 bridgehead atoms. The molecule has 0 saturated heterocycles. The number of aliphatic carboxylic acids is 1. The quantitative estimate of drug-likeness (QED) is 0.0566. The zero-order valence-electron chi connectivity index (χ0n) is 67.9. The van der Waals surface area contributed by atoms with Gasteiger partial charge in [-0.3, -0.25) is 9.59 Å². The van der Waals surface area contributed by atoms with Crippen molar-refractivity contribution in [2.45, 2.75) is 34.6 Å². The van der Waals surface area contributed by atoms with Gasteiger partial charge in [-0.15, -0.1) is 0 Å². The molecule has 16 rings (SSSR count). The first-order valence-electron chi connectivity index (χ1n) is 38.5. The molecule has 0 aromatic heterocycles. The summed E-state index contributed by atoms with van der Waals surface area (Å²) in [4.78, 5) is 29.9. The molecule has 0 spiro atoms. The maximum Gasteiger partial charge on any atom is 1.00 e. The second-order valence-electron chi connectivity index (χ2n) is 24.6. The third-order valence-electron chi connectivity index (χ3n) is 16.6. The number of benzene rings is 16. The minimum absolute atomic E-state index is 0. The van der Waals surface area contributed by atoms with Gasteiger partial charge in [0.25, 0.3) is 0 Å². The topological polar surface area (TPSA) is 115 Å². The van der Waals surface area contributed by atoms with E-state index in [0.717, 1.165) is 18.8 Å². The van der Waals surface area contributed by atoms with Crippen molar-refractivity contribution in [1.29, 1.82) is 0 Å². The van der Waals surface area contributed by atoms with Crippen LogP contribution in [-0.4, -0.2) is 35.7 Å². The van der Waals surface area contributed by atoms with Crippen LogP contribution >= 0.6 is 47.6 Å². The molecule has 6 nitrogen and oxygen atoms in total. The first-order chi connectivity index (χ1) is 57.9. The Hall–Kier alpha value is -9.33. The molecule has 0 amide bonds. The van der Waals surface area contributed by atoms with E-state index in [1.807, 2.05) is 64.1 Å². The fraction of sp³-hybridized carbons (Fsp3) is 0.0481. The van der Waals surface area contributed by atoms with Gasteiger partial charge in [-0.2, -0.15) is 0 Å². The zero-order valence-corrected chi connectivity index (χ0v) is 77.7. The van der Waals surface area contributed by atoms with E-state index in [1.165, 1.54) is 100 Å². The number of carbonyl (C=O) groups is 3. The molecule has 602 valence electrons. The molecule has 16 aromatic rings. The van der Waals surface area contributed by atoms with Crippen LogP contribution in [0.5, 0.6) is 0 Å². The summed E-state index contributed by atoms with van der Waals surface area (Å²) in [6.07, 6.45) is 1.41. The Balaban J connectivity index is 0.000000248. The molecule has 0 heterocycles. The second-order valence-corrected chi connectivity index (χ2v) is 34.4. The third-order valence-corrected chi connectivity index (χ3v) is 27.0. The van der Waals surface area contributed by atoms with Crippen LogP contribution in [0.2, 0.25) is 0 Å². The summed E-state index contributed by atoms with van der Waals surface area (Å²) >= 11 is 3.04. The van der Waals surface area contributed by atoms with E-state index in [-0.39, 0.29) is 83.4 Å². The van der Waals surface area contributed by atoms with Crippen LogP contribution in [0.25, 0.3) is 11.1 Å². The molecular weight excluding hydrogens is 1740 g/mol. The minimum atomic E-state index is -1.34. The van der Waals surface area contributed by atoms with E-state index in [2.05, 4.69) is 380 Å². The molecule has 2 N–H and O–H groups in total. The van der Waals surface area contributed by atoms with Crippen LogP contribution in [0.1, 0.15) is 55.3 Å². The molecule has 120 heavy (non-hydrogen) atoms. The molecule has 0 aliphatic rings. The van der Waals surface area contributed by atoms with Gasteiger partial charge in [-0.25, -0.2) is 8.78 Å². The molecule has 0 aliphatic heterocycles. The Labute approximate surface area is 778 Å². The van der Waals surface area contributed by atoms with Gasteiger partial charge >= 0.3 is 58.5 Å². The van der Waals surface area contributed by atoms with Gasteiger partial charge in [0.15, 0.2) is 12.6 Å². The number of carboxylic acids is 1. The Morgan fingerprint density at radius 1 is 0.300 bits per heavy atom. The van der Waals surface area contributed by atoms with E-state index >= 15 is 0 Å². The van der Waals surface area contributed by atoms with Crippen molar-refractivity contribution in [3.8, 4) is 11.1 Å². The summed E-state index contributed by atoms with van der Waals surface area (Å²) in [5.41, 5.74) is 2.96. The minimum Gasteiger partial charge on any atom is -0.550 e. The number of halogens is 3. The number of rotatable bonds is 16. The van der Waals surface area contributed by atoms with Gasteiger partial charge in [0.05, 0.1) is 0 Å². The Morgan fingerprint density at radius 3 is 0.633 bits per heavy atom. The Kier molecular flexibility index (Phi) is 50.8. The van der Waals surface area contributed by atoms with E-state index < -0.39 is 44.8 Å². The van der Waals surface area contributed by atoms with Gasteiger partial charge in [0.1, 0.15) is 11.6 Å². The maximum atomic E-state index is 13.1. The van der Waals surface area contributed by atoms with Gasteiger partial charge < -0.3 is 19.9 Å². The summed E-state index contributed by atoms with van der Waals surface area (Å²) in [5.74, 6) is -1.77. The van der Waals surface area contributed by atoms with Gasteiger partial charge in [-0.05, 0) is 171 Å². The molecular formula is C104H95BBrF2KO6P4Pd. The third kappa shape index (κ3) is 35.4. The van der Waals surface area contributed by atoms with E-state index in [9.17, 15) is 18.4 Å². The van der Waals surface area contributed by atoms with Crippen molar-refractivity contribution in [3.05, 3.63) is 488 Å². The first kappa shape index (κ1) is 101. The van der Waals surface area contributed by atoms with Crippen LogP contribution in [-0.2, 0) is 25.2 Å². The molecule has 0 atom stereocenters. The van der Waals surface area contributed by atoms with Crippen molar-refractivity contribution in [2.24, 2.45) is 0 Å². The Bertz CT molecular complexity index is 4510. The Morgan fingerprint density at radius 2 is 0.467 bits per heavy atom. The van der Waals surface area contributed by atoms with Crippen LogP contribution < -0.4 is 126 Å². The van der Waals surface area contributed by atoms with Crippen molar-refractivity contribution < 1.29 is 110 Å². The average molecular weight is 1840 g/mol. The molecule has 16 aromatic carbocycles. The van der Waals surface area contributed by atoms with E-state index in [4.69, 9.17) is 19.9 Å². The predicted molar refractivity (Wildman–Crippen MR) is 507 cm³/mol. The number of hydrogen-bond acceptors (Lipinski definition) is 6. The first-order valence-corrected chi connectivity index (χ1v) is 44.6. The largest absolute Gasteiger partial charge is 1.00 e. The predicted octanol–water partition coefficient (Wildman–Crippen LogP) is 16.7. The fourth-order valence-electron chi connectivity index (χ4n) is 11.4. The summed E-state index contributed by atoms with van der Waals surface area (Å²) in [7, 11) is -3.13. The van der Waals surface area contributed by atoms with Crippen LogP contribution in [0, 0.1) is 11.6 Å². The van der Waals surface area contributed by atoms with E-state index in [0.29, 0.717) is 32.9 Å². The number of aldehydes is 2. The molecule has 0 aliphatic carbocycles. The molecule has 0 unspecified atom stereocenters. The van der Waals surface area contributed by atoms with Crippen molar-refractivity contribution in [3.63, 3.8) is 0 Å². The second kappa shape index (κ2) is 60.2. The van der Waals surface area contributed by atoms with Crippen molar-refractivity contribution in [1.82, 2.24) is 0 Å². The smallest absolute Gasteiger partial charge is 0.550 e. The summed E-state index contributed by atoms with van der Waals surface area (Å²) < 4.78 is 25.9. The molecule has 16 heteroatoms. The summed E-state index contributed by atoms with van der Waals surface area (Å²) in [5, 5.41) is 42.8. The van der Waals surface area contributed by atoms with Crippen LogP contribution in [0.15, 0.2) is 466 Å². The average Bonchev–Trinajstić information content (AvgIpc) is 0.838. The summed E-state index contributed by atoms with van der Waals surface area (Å²) in [6, 6.07) is 155. The van der Waals surface area contributed by atoms with Crippen LogP contribution in [0.3, 0.4) is 0 Å². The monoisotopic (exact) mass is 1840 g/mol. The van der Waals surface area contributed by atoms with Gasteiger partial charge in [0.2, 0.25) is 0 Å². The maximum absolute atomic E-state index is 13.1. The van der Waals surface area contributed by atoms with Gasteiger partial charge in [-0.1, -0.05) is 452 Å². The summed E-state index contributed by atoms with van der Waals surface area (Å²) in [6.45, 7) is 8.97. The van der Waals surface area contributed by atoms with Gasteiger partial charge in [0, 0.05) is 42.0 Å². The molecule has 0 saturated carbocycles. The normalized spacial score (nSPS) is 9.72. The fourth-order valence-corrected chi connectivity index (χ4v) is 21.1. The standard InChI is InChI=1S/4C18H15P.C13H9FO.C7H4BrFO.C6H7BO2.C2H4O2.2C2H6.K.Pd/c4*1-4-10-16(11-5-1)19(17-12-6-2-7-13-17)18-14-8-3-9-15-18;14-12-7-6-11(9-15)13(8-12)10-4-2-1-3-5-10;8-7-3-6(9)2-1-5(7)4-10;8-7(9)6-4-2-1-3-5-6;1-2(3)4;2*1-2;;/h4*1-15H;1-9H;1-4H;1-5,8-9H;1H3,(H,3,4);2*1-2H3;;/q;;;;;;;;;;+1;/p-1. The number of carboxylic acid groups (broad SMARTS) is 1. The molecule has 0 radical (unpaired) electrons. The van der Waals surface area contributed by atoms with Crippen LogP contribution in [0.4, 0.5) is 8.78 Å². The van der Waals surface area contributed by atoms with E-state index in [1.54, 1.807) is 24.3 Å². The van der Waals surface area contributed by atoms with Crippen molar-refractivity contribution in [2.75, 3.05) is 0 Å². The molecule has 0 fully saturated rings. The van der Waals surface area contributed by atoms with Crippen molar-refractivity contribution >= 4 is 142 Å². The number of hydrogen-bond donors (Lipinski definition) is 2. The zero-order chi connectivity index (χ0) is 84.2. The SMILES string of the molecule is CC.CC.CC(=O)[O-].O=Cc1ccc(F)cc1-c1ccccc1.O=Cc1ccc(F)cc1Br.OB(O)c1ccccc1.[K+].[Pd].c1ccc(P(c2ccccc2)c2ccccc2)cc1.c1ccc(P(c2ccccc2)c2ccccc2)cc1.c1ccc(P(c2ccccc2)c2ccccc2)cc1.c1ccc(P(c2ccccc2)c2ccccc2)cc1. The number of carbonyl (C=O) groups excluding carboxylic acids is 3.